The Morgan fingerprint density at radius 1 is 1.55 bits per heavy atom. The van der Waals surface area contributed by atoms with Crippen molar-refractivity contribution in [3.8, 4) is 17.0 Å². The Labute approximate surface area is 142 Å². The number of rotatable bonds is 3. The van der Waals surface area contributed by atoms with Gasteiger partial charge in [0.2, 0.25) is 5.88 Å². The predicted octanol–water partition coefficient (Wildman–Crippen LogP) is 4.64. The van der Waals surface area contributed by atoms with Crippen LogP contribution in [-0.4, -0.2) is 26.6 Å². The summed E-state index contributed by atoms with van der Waals surface area (Å²) in [4.78, 5) is 7.70. The molecule has 0 saturated heterocycles. The molecule has 0 aliphatic heterocycles. The molecule has 0 aliphatic rings. The van der Waals surface area contributed by atoms with Crippen LogP contribution in [0.2, 0.25) is 5.02 Å². The number of methoxy groups -OCH3 is 1. The highest BCUT2D eigenvalue weighted by Crippen LogP contribution is 2.38. The van der Waals surface area contributed by atoms with Gasteiger partial charge in [-0.05, 0) is 44.0 Å². The summed E-state index contributed by atoms with van der Waals surface area (Å²) in [5.41, 5.74) is 3.59. The van der Waals surface area contributed by atoms with Crippen molar-refractivity contribution in [2.75, 3.05) is 7.11 Å². The zero-order chi connectivity index (χ0) is 14.3. The standard InChI is InChI=1S/C11H8BrClIN4OP/c1-19-11-6(13)2-7-9(17-11)8(10(12)16-7)5-3-15-18(4-5)20-14/h2-4,16,20H,1H3. The van der Waals surface area contributed by atoms with Gasteiger partial charge in [0.1, 0.15) is 10.5 Å². The van der Waals surface area contributed by atoms with E-state index < -0.39 is 0 Å². The topological polar surface area (TPSA) is 55.7 Å². The number of nitrogens with one attached hydrogen (secondary N) is 1. The molecule has 0 bridgehead atoms. The molecule has 1 atom stereocenters. The minimum atomic E-state index is 0.412. The van der Waals surface area contributed by atoms with Crippen LogP contribution in [-0.2, 0) is 0 Å². The van der Waals surface area contributed by atoms with Crippen molar-refractivity contribution >= 4 is 67.0 Å². The maximum absolute atomic E-state index is 6.10. The summed E-state index contributed by atoms with van der Waals surface area (Å²) >= 11 is 11.9. The maximum atomic E-state index is 6.10. The molecule has 9 heteroatoms. The molecule has 104 valence electrons. The van der Waals surface area contributed by atoms with Gasteiger partial charge in [-0.2, -0.15) is 5.10 Å². The highest BCUT2D eigenvalue weighted by atomic mass is 127. The van der Waals surface area contributed by atoms with E-state index in [9.17, 15) is 0 Å². The van der Waals surface area contributed by atoms with Crippen molar-refractivity contribution in [3.05, 3.63) is 28.1 Å². The second kappa shape index (κ2) is 5.79. The summed E-state index contributed by atoms with van der Waals surface area (Å²) in [7, 11) is 1.55. The predicted molar refractivity (Wildman–Crippen MR) is 94.3 cm³/mol. The molecule has 0 spiro atoms. The van der Waals surface area contributed by atoms with Crippen LogP contribution in [0.15, 0.2) is 23.1 Å². The van der Waals surface area contributed by atoms with Crippen LogP contribution in [0.3, 0.4) is 0 Å². The van der Waals surface area contributed by atoms with E-state index >= 15 is 0 Å². The van der Waals surface area contributed by atoms with E-state index in [0.29, 0.717) is 17.3 Å². The third-order valence-corrected chi connectivity index (χ3v) is 5.56. The van der Waals surface area contributed by atoms with Gasteiger partial charge in [0.15, 0.2) is 0 Å². The minimum absolute atomic E-state index is 0.412. The minimum Gasteiger partial charge on any atom is -0.480 e. The number of ether oxygens (including phenoxy) is 1. The third-order valence-electron chi connectivity index (χ3n) is 2.80. The molecular weight excluding hydrogens is 477 g/mol. The Bertz CT molecular complexity index is 790. The van der Waals surface area contributed by atoms with Crippen LogP contribution in [0.1, 0.15) is 0 Å². The number of hydrogen-bond acceptors (Lipinski definition) is 3. The number of hydrogen-bond donors (Lipinski definition) is 1. The zero-order valence-corrected chi connectivity index (χ0v) is 15.6. The SMILES string of the molecule is COc1nc2c(-c3cnn(PI)c3)c(Br)[nH]c2cc1Cl. The molecule has 0 aliphatic carbocycles. The van der Waals surface area contributed by atoms with Gasteiger partial charge in [-0.3, -0.25) is 0 Å². The number of halogens is 3. The first kappa shape index (κ1) is 14.6. The van der Waals surface area contributed by atoms with Crippen LogP contribution in [0.25, 0.3) is 22.2 Å². The summed E-state index contributed by atoms with van der Waals surface area (Å²) in [5, 5.41) is 4.78. The first-order valence-electron chi connectivity index (χ1n) is 5.47. The van der Waals surface area contributed by atoms with Crippen molar-refractivity contribution in [2.45, 2.75) is 0 Å². The van der Waals surface area contributed by atoms with E-state index in [1.54, 1.807) is 7.11 Å². The summed E-state index contributed by atoms with van der Waals surface area (Å²) in [6.45, 7) is 0. The summed E-state index contributed by atoms with van der Waals surface area (Å²) < 4.78 is 7.92. The van der Waals surface area contributed by atoms with E-state index in [0.717, 1.165) is 26.8 Å². The second-order valence-corrected chi connectivity index (χ2v) is 7.22. The van der Waals surface area contributed by atoms with E-state index in [1.165, 1.54) is 0 Å². The van der Waals surface area contributed by atoms with Gasteiger partial charge in [-0.1, -0.05) is 11.6 Å². The lowest BCUT2D eigenvalue weighted by atomic mass is 10.1. The van der Waals surface area contributed by atoms with Crippen LogP contribution >= 0.6 is 55.9 Å². The second-order valence-electron chi connectivity index (χ2n) is 3.95. The lowest BCUT2D eigenvalue weighted by Gasteiger charge is -2.02. The van der Waals surface area contributed by atoms with Crippen LogP contribution in [0.4, 0.5) is 0 Å². The monoisotopic (exact) mass is 484 g/mol. The van der Waals surface area contributed by atoms with Gasteiger partial charge in [0, 0.05) is 17.3 Å². The van der Waals surface area contributed by atoms with Gasteiger partial charge in [0.25, 0.3) is 0 Å². The van der Waals surface area contributed by atoms with E-state index in [4.69, 9.17) is 16.3 Å². The van der Waals surface area contributed by atoms with Crippen molar-refractivity contribution in [2.24, 2.45) is 0 Å². The highest BCUT2D eigenvalue weighted by Gasteiger charge is 2.17. The molecule has 0 amide bonds. The first-order chi connectivity index (χ1) is 9.63. The quantitative estimate of drug-likeness (QED) is 0.435. The van der Waals surface area contributed by atoms with Crippen molar-refractivity contribution in [1.29, 1.82) is 0 Å². The largest absolute Gasteiger partial charge is 0.480 e. The van der Waals surface area contributed by atoms with Crippen molar-refractivity contribution < 1.29 is 4.74 Å². The number of aromatic amines is 1. The molecule has 3 aromatic rings. The normalized spacial score (nSPS) is 11.8. The van der Waals surface area contributed by atoms with Gasteiger partial charge < -0.3 is 9.72 Å². The highest BCUT2D eigenvalue weighted by molar-refractivity contribution is 14.2. The molecule has 0 saturated carbocycles. The van der Waals surface area contributed by atoms with Gasteiger partial charge in [-0.15, -0.1) is 0 Å². The molecule has 3 rings (SSSR count). The van der Waals surface area contributed by atoms with Crippen LogP contribution in [0, 0.1) is 0 Å². The Balaban J connectivity index is 2.26. The van der Waals surface area contributed by atoms with Gasteiger partial charge >= 0.3 is 0 Å². The van der Waals surface area contributed by atoms with Crippen molar-refractivity contribution in [3.63, 3.8) is 0 Å². The number of fused-ring (bicyclic) bond motifs is 1. The molecule has 0 aromatic carbocycles. The zero-order valence-electron chi connectivity index (χ0n) is 10.1. The summed E-state index contributed by atoms with van der Waals surface area (Å²) in [6, 6.07) is 1.81. The fourth-order valence-corrected chi connectivity index (χ4v) is 3.89. The average Bonchev–Trinajstić information content (AvgIpc) is 3.00. The van der Waals surface area contributed by atoms with Gasteiger partial charge in [-0.25, -0.2) is 9.44 Å². The molecule has 1 unspecified atom stereocenters. The average molecular weight is 485 g/mol. The Hall–Kier alpha value is -0.370. The number of aromatic nitrogens is 4. The fraction of sp³-hybridized carbons (Fsp3) is 0.0909. The molecule has 20 heavy (non-hydrogen) atoms. The molecule has 0 radical (unpaired) electrons. The van der Waals surface area contributed by atoms with E-state index in [1.807, 2.05) is 22.9 Å². The van der Waals surface area contributed by atoms with Crippen LogP contribution in [0.5, 0.6) is 5.88 Å². The molecule has 5 nitrogen and oxygen atoms in total. The number of H-pyrrole nitrogens is 1. The summed E-state index contributed by atoms with van der Waals surface area (Å²) in [5.74, 6) is 0.412. The maximum Gasteiger partial charge on any atom is 0.233 e. The number of pyridine rings is 1. The Morgan fingerprint density at radius 3 is 3.00 bits per heavy atom. The third kappa shape index (κ3) is 2.45. The van der Waals surface area contributed by atoms with E-state index in [-0.39, 0.29) is 0 Å². The molecule has 3 aromatic heterocycles. The molecule has 0 fully saturated rings. The van der Waals surface area contributed by atoms with Crippen molar-refractivity contribution in [1.82, 2.24) is 19.5 Å². The summed E-state index contributed by atoms with van der Waals surface area (Å²) in [6.07, 6.45) is 4.37. The smallest absolute Gasteiger partial charge is 0.233 e. The van der Waals surface area contributed by atoms with E-state index in [2.05, 4.69) is 53.0 Å². The molecule has 1 N–H and O–H groups in total. The van der Waals surface area contributed by atoms with Crippen LogP contribution < -0.4 is 4.74 Å². The molecular formula is C11H8BrClIN4OP. The number of nitrogens with zero attached hydrogens (tertiary/aromatic N) is 3. The lowest BCUT2D eigenvalue weighted by molar-refractivity contribution is 0.400. The fourth-order valence-electron chi connectivity index (χ4n) is 1.95. The lowest BCUT2D eigenvalue weighted by Crippen LogP contribution is -1.89. The molecule has 3 heterocycles. The Kier molecular flexibility index (Phi) is 4.21. The van der Waals surface area contributed by atoms with Gasteiger partial charge in [0.05, 0.1) is 29.8 Å². The Morgan fingerprint density at radius 2 is 2.35 bits per heavy atom. The first-order valence-corrected chi connectivity index (χ1v) is 10.7.